The number of rotatable bonds is 6. The predicted molar refractivity (Wildman–Crippen MR) is 118 cm³/mol. The van der Waals surface area contributed by atoms with Crippen LogP contribution in [0.25, 0.3) is 0 Å². The first-order valence-electron chi connectivity index (χ1n) is 9.90. The number of amides is 1. The van der Waals surface area contributed by atoms with E-state index in [1.54, 1.807) is 13.0 Å². The van der Waals surface area contributed by atoms with Gasteiger partial charge in [-0.25, -0.2) is 0 Å². The van der Waals surface area contributed by atoms with Gasteiger partial charge in [-0.1, -0.05) is 53.7 Å². The Labute approximate surface area is 174 Å². The summed E-state index contributed by atoms with van der Waals surface area (Å²) in [5.41, 5.74) is 4.75. The summed E-state index contributed by atoms with van der Waals surface area (Å²) in [5.74, 6) is 0.496. The highest BCUT2D eigenvalue weighted by Gasteiger charge is 2.23. The average Bonchev–Trinajstić information content (AvgIpc) is 2.59. The monoisotopic (exact) mass is 417 g/mol. The molecule has 0 atom stereocenters. The molecule has 0 spiro atoms. The van der Waals surface area contributed by atoms with E-state index in [9.17, 15) is 17.8 Å². The summed E-state index contributed by atoms with van der Waals surface area (Å²) in [5, 5.41) is 2.90. The third kappa shape index (κ3) is 5.25. The summed E-state index contributed by atoms with van der Waals surface area (Å²) < 4.78 is 32.1. The van der Waals surface area contributed by atoms with Crippen molar-refractivity contribution in [3.63, 3.8) is 0 Å². The van der Waals surface area contributed by atoms with Gasteiger partial charge in [0.05, 0.1) is 4.90 Å². The molecule has 0 aromatic heterocycles. The van der Waals surface area contributed by atoms with Crippen molar-refractivity contribution >= 4 is 21.7 Å². The molecular formula is C23H31NO4S. The van der Waals surface area contributed by atoms with Crippen molar-refractivity contribution in [3.05, 3.63) is 58.1 Å². The molecule has 6 heteroatoms. The lowest BCUT2D eigenvalue weighted by Crippen LogP contribution is -2.19. The van der Waals surface area contributed by atoms with Crippen LogP contribution in [-0.4, -0.2) is 18.9 Å². The van der Waals surface area contributed by atoms with Gasteiger partial charge >= 0.3 is 0 Å². The molecule has 5 nitrogen and oxygen atoms in total. The Hall–Kier alpha value is -2.18. The van der Waals surface area contributed by atoms with Gasteiger partial charge in [0.15, 0.2) is 0 Å². The Balaban J connectivity index is 2.53. The number of carbonyl (C=O) groups excluding carboxylic acids is 1. The topological polar surface area (TPSA) is 83.5 Å². The first kappa shape index (κ1) is 23.1. The first-order chi connectivity index (χ1) is 13.3. The van der Waals surface area contributed by atoms with Crippen molar-refractivity contribution in [2.24, 2.45) is 0 Å². The van der Waals surface area contributed by atoms with Crippen molar-refractivity contribution < 1.29 is 17.8 Å². The number of anilines is 1. The molecule has 0 unspecified atom stereocenters. The molecule has 0 bridgehead atoms. The molecule has 158 valence electrons. The molecule has 0 radical (unpaired) electrons. The normalized spacial score (nSPS) is 12.1. The van der Waals surface area contributed by atoms with Gasteiger partial charge in [0, 0.05) is 11.3 Å². The maximum atomic E-state index is 13.3. The highest BCUT2D eigenvalue weighted by molar-refractivity contribution is 7.85. The van der Waals surface area contributed by atoms with E-state index in [4.69, 9.17) is 0 Å². The second kappa shape index (κ2) is 8.67. The third-order valence-corrected chi connectivity index (χ3v) is 6.08. The molecule has 2 aromatic rings. The summed E-state index contributed by atoms with van der Waals surface area (Å²) in [6.45, 7) is 14.2. The molecule has 0 aliphatic rings. The molecule has 0 saturated carbocycles. The molecule has 2 rings (SSSR count). The molecule has 1 amide bonds. The number of hydrogen-bond acceptors (Lipinski definition) is 3. The van der Waals surface area contributed by atoms with Gasteiger partial charge in [-0.2, -0.15) is 8.42 Å². The zero-order chi connectivity index (χ0) is 22.1. The number of carbonyl (C=O) groups is 1. The van der Waals surface area contributed by atoms with E-state index in [1.807, 2.05) is 0 Å². The molecule has 0 heterocycles. The third-order valence-electron chi connectivity index (χ3n) is 5.07. The van der Waals surface area contributed by atoms with Gasteiger partial charge < -0.3 is 5.32 Å². The van der Waals surface area contributed by atoms with E-state index in [1.165, 1.54) is 17.7 Å². The highest BCUT2D eigenvalue weighted by atomic mass is 32.2. The Kier molecular flexibility index (Phi) is 6.91. The van der Waals surface area contributed by atoms with Crippen molar-refractivity contribution in [1.29, 1.82) is 0 Å². The van der Waals surface area contributed by atoms with E-state index in [-0.39, 0.29) is 22.6 Å². The molecule has 0 fully saturated rings. The fourth-order valence-corrected chi connectivity index (χ4v) is 4.13. The van der Waals surface area contributed by atoms with E-state index >= 15 is 0 Å². The second-order valence-corrected chi connectivity index (χ2v) is 9.84. The Morgan fingerprint density at radius 2 is 1.41 bits per heavy atom. The maximum Gasteiger partial charge on any atom is 0.294 e. The minimum Gasteiger partial charge on any atom is -0.322 e. The lowest BCUT2D eigenvalue weighted by atomic mass is 9.84. The van der Waals surface area contributed by atoms with Crippen LogP contribution in [0.4, 0.5) is 5.69 Å². The average molecular weight is 418 g/mol. The van der Waals surface area contributed by atoms with Crippen LogP contribution < -0.4 is 5.32 Å². The van der Waals surface area contributed by atoms with Crippen LogP contribution in [0, 0.1) is 6.92 Å². The molecule has 0 saturated heterocycles. The van der Waals surface area contributed by atoms with Crippen molar-refractivity contribution in [2.75, 3.05) is 5.32 Å². The van der Waals surface area contributed by atoms with Gasteiger partial charge in [-0.05, 0) is 65.1 Å². The summed E-state index contributed by atoms with van der Waals surface area (Å²) in [4.78, 5) is 13.1. The van der Waals surface area contributed by atoms with Crippen molar-refractivity contribution in [1.82, 2.24) is 0 Å². The van der Waals surface area contributed by atoms with E-state index in [0.29, 0.717) is 22.7 Å². The number of hydrogen-bond donors (Lipinski definition) is 2. The fourth-order valence-electron chi connectivity index (χ4n) is 3.43. The van der Waals surface area contributed by atoms with Crippen LogP contribution in [0.15, 0.2) is 35.2 Å². The van der Waals surface area contributed by atoms with Crippen molar-refractivity contribution in [3.8, 4) is 0 Å². The van der Waals surface area contributed by atoms with Crippen LogP contribution in [0.2, 0.25) is 0 Å². The Morgan fingerprint density at radius 1 is 0.897 bits per heavy atom. The SMILES string of the molecule is Cc1cc(NC(=O)c2c(C(C)C)cc(C(C)C)cc2C(C)C)ccc1S(=O)(=O)O. The van der Waals surface area contributed by atoms with E-state index in [0.717, 1.165) is 11.1 Å². The zero-order valence-electron chi connectivity index (χ0n) is 18.2. The number of benzene rings is 2. The molecule has 0 aliphatic heterocycles. The Bertz CT molecular complexity index is 992. The Morgan fingerprint density at radius 3 is 1.79 bits per heavy atom. The largest absolute Gasteiger partial charge is 0.322 e. The summed E-state index contributed by atoms with van der Waals surface area (Å²) >= 11 is 0. The molecule has 0 aliphatic carbocycles. The van der Waals surface area contributed by atoms with Gasteiger partial charge in [0.2, 0.25) is 0 Å². The van der Waals surface area contributed by atoms with Crippen LogP contribution in [-0.2, 0) is 10.1 Å². The molecule has 2 aromatic carbocycles. The summed E-state index contributed by atoms with van der Waals surface area (Å²) in [7, 11) is -4.29. The minimum absolute atomic E-state index is 0.164. The van der Waals surface area contributed by atoms with E-state index in [2.05, 4.69) is 59.0 Å². The smallest absolute Gasteiger partial charge is 0.294 e. The van der Waals surface area contributed by atoms with Crippen LogP contribution in [0.5, 0.6) is 0 Å². The van der Waals surface area contributed by atoms with Crippen LogP contribution in [0.3, 0.4) is 0 Å². The molecular weight excluding hydrogens is 386 g/mol. The number of aryl methyl sites for hydroxylation is 1. The fraction of sp³-hybridized carbons (Fsp3) is 0.435. The highest BCUT2D eigenvalue weighted by Crippen LogP contribution is 2.33. The quantitative estimate of drug-likeness (QED) is 0.576. The molecule has 2 N–H and O–H groups in total. The minimum atomic E-state index is -4.29. The van der Waals surface area contributed by atoms with Crippen molar-refractivity contribution in [2.45, 2.75) is 71.1 Å². The maximum absolute atomic E-state index is 13.3. The lowest BCUT2D eigenvalue weighted by Gasteiger charge is -2.22. The van der Waals surface area contributed by atoms with Gasteiger partial charge in [0.25, 0.3) is 16.0 Å². The second-order valence-electron chi connectivity index (χ2n) is 8.45. The van der Waals surface area contributed by atoms with Gasteiger partial charge in [-0.3, -0.25) is 9.35 Å². The van der Waals surface area contributed by atoms with Crippen LogP contribution >= 0.6 is 0 Å². The van der Waals surface area contributed by atoms with Gasteiger partial charge in [-0.15, -0.1) is 0 Å². The first-order valence-corrected chi connectivity index (χ1v) is 11.3. The number of nitrogens with one attached hydrogen (secondary N) is 1. The van der Waals surface area contributed by atoms with Crippen LogP contribution in [0.1, 0.15) is 91.9 Å². The lowest BCUT2D eigenvalue weighted by molar-refractivity contribution is 0.102. The zero-order valence-corrected chi connectivity index (χ0v) is 19.0. The summed E-state index contributed by atoms with van der Waals surface area (Å²) in [6.07, 6.45) is 0. The van der Waals surface area contributed by atoms with Gasteiger partial charge in [0.1, 0.15) is 0 Å². The molecule has 29 heavy (non-hydrogen) atoms. The summed E-state index contributed by atoms with van der Waals surface area (Å²) in [6, 6.07) is 8.56. The standard InChI is InChI=1S/C23H31NO4S/c1-13(2)17-11-19(14(3)4)22(20(12-17)15(5)6)23(25)24-18-8-9-21(16(7)10-18)29(26,27)28/h8-15H,1-7H3,(H,24,25)(H,26,27,28). The predicted octanol–water partition coefficient (Wildman–Crippen LogP) is 5.86. The van der Waals surface area contributed by atoms with E-state index < -0.39 is 10.1 Å².